The van der Waals surface area contributed by atoms with Crippen LogP contribution >= 0.6 is 0 Å². The van der Waals surface area contributed by atoms with Gasteiger partial charge in [-0.2, -0.15) is 0 Å². The number of hydrogen-bond acceptors (Lipinski definition) is 4. The van der Waals surface area contributed by atoms with Gasteiger partial charge in [-0.25, -0.2) is 0 Å². The predicted octanol–water partition coefficient (Wildman–Crippen LogP) is 2.46. The molecule has 1 saturated heterocycles. The second-order valence-electron chi connectivity index (χ2n) is 6.87. The number of benzene rings is 2. The van der Waals surface area contributed by atoms with Crippen LogP contribution < -0.4 is 24.4 Å². The number of carbonyl (C=O) groups excluding carboxylic acids is 1. The molecule has 2 N–H and O–H groups in total. The minimum atomic E-state index is -0.0177. The molecule has 2 aromatic carbocycles. The highest BCUT2D eigenvalue weighted by Crippen LogP contribution is 2.31. The van der Waals surface area contributed by atoms with Gasteiger partial charge in [-0.3, -0.25) is 4.79 Å². The van der Waals surface area contributed by atoms with Gasteiger partial charge in [0.1, 0.15) is 23.3 Å². The fourth-order valence-corrected chi connectivity index (χ4v) is 3.86. The average Bonchev–Trinajstić information content (AvgIpc) is 3.16. The highest BCUT2D eigenvalue weighted by Gasteiger charge is 2.34. The third-order valence-electron chi connectivity index (χ3n) is 5.14. The molecule has 0 aliphatic carbocycles. The number of hydrogen-bond donors (Lipinski definition) is 2. The van der Waals surface area contributed by atoms with E-state index in [4.69, 9.17) is 14.2 Å². The maximum absolute atomic E-state index is 12.7. The Morgan fingerprint density at radius 3 is 2.71 bits per heavy atom. The third kappa shape index (κ3) is 4.57. The first-order chi connectivity index (χ1) is 13.7. The van der Waals surface area contributed by atoms with Crippen molar-refractivity contribution in [3.63, 3.8) is 0 Å². The van der Waals surface area contributed by atoms with Gasteiger partial charge in [-0.05, 0) is 37.3 Å². The van der Waals surface area contributed by atoms with Crippen LogP contribution in [0.3, 0.4) is 0 Å². The van der Waals surface area contributed by atoms with E-state index in [9.17, 15) is 4.79 Å². The molecular formula is C22H29N2O4+. The lowest BCUT2D eigenvalue weighted by Gasteiger charge is -2.23. The van der Waals surface area contributed by atoms with Crippen molar-refractivity contribution in [3.8, 4) is 17.2 Å². The fourth-order valence-electron chi connectivity index (χ4n) is 3.86. The Bertz CT molecular complexity index is 809. The average molecular weight is 385 g/mol. The van der Waals surface area contributed by atoms with Crippen LogP contribution in [0.25, 0.3) is 0 Å². The van der Waals surface area contributed by atoms with E-state index >= 15 is 0 Å². The minimum Gasteiger partial charge on any atom is -0.497 e. The number of para-hydroxylation sites is 2. The summed E-state index contributed by atoms with van der Waals surface area (Å²) < 4.78 is 16.6. The van der Waals surface area contributed by atoms with Gasteiger partial charge in [0, 0.05) is 12.8 Å². The van der Waals surface area contributed by atoms with Crippen LogP contribution in [0.2, 0.25) is 0 Å². The van der Waals surface area contributed by atoms with Gasteiger partial charge >= 0.3 is 0 Å². The lowest BCUT2D eigenvalue weighted by Crippen LogP contribution is -3.11. The normalized spacial score (nSPS) is 18.5. The highest BCUT2D eigenvalue weighted by molar-refractivity contribution is 5.92. The van der Waals surface area contributed by atoms with E-state index in [1.165, 1.54) is 4.90 Å². The van der Waals surface area contributed by atoms with Crippen LogP contribution in [-0.4, -0.2) is 39.8 Å². The Morgan fingerprint density at radius 1 is 1.14 bits per heavy atom. The molecule has 6 nitrogen and oxygen atoms in total. The molecule has 0 aromatic heterocycles. The van der Waals surface area contributed by atoms with Gasteiger partial charge in [-0.15, -0.1) is 0 Å². The zero-order valence-corrected chi connectivity index (χ0v) is 16.8. The summed E-state index contributed by atoms with van der Waals surface area (Å²) in [5, 5.41) is 3.00. The maximum Gasteiger partial charge on any atom is 0.279 e. The lowest BCUT2D eigenvalue weighted by atomic mass is 10.0. The van der Waals surface area contributed by atoms with Crippen molar-refractivity contribution in [1.82, 2.24) is 0 Å². The Morgan fingerprint density at radius 2 is 1.96 bits per heavy atom. The molecule has 28 heavy (non-hydrogen) atoms. The van der Waals surface area contributed by atoms with Gasteiger partial charge in [0.05, 0.1) is 38.6 Å². The van der Waals surface area contributed by atoms with Crippen LogP contribution in [0.15, 0.2) is 42.5 Å². The number of ether oxygens (including phenoxy) is 3. The number of quaternary nitrogens is 1. The standard InChI is InChI=1S/C22H28N2O4/c1-4-28-21-10-6-5-8-18(21)23-22(25)15-24-13-7-9-19(24)17-14-16(26-2)11-12-20(17)27-3/h5-6,8,10-12,14,19H,4,7,9,13,15H2,1-3H3,(H,23,25)/p+1/t19-/m1/s1. The number of anilines is 1. The topological polar surface area (TPSA) is 61.2 Å². The van der Waals surface area contributed by atoms with E-state index in [1.807, 2.05) is 49.4 Å². The number of amides is 1. The summed E-state index contributed by atoms with van der Waals surface area (Å²) in [6.07, 6.45) is 2.09. The molecule has 2 aromatic rings. The van der Waals surface area contributed by atoms with Crippen molar-refractivity contribution in [2.75, 3.05) is 39.2 Å². The van der Waals surface area contributed by atoms with Crippen molar-refractivity contribution < 1.29 is 23.9 Å². The summed E-state index contributed by atoms with van der Waals surface area (Å²) in [4.78, 5) is 14.0. The molecule has 0 saturated carbocycles. The molecule has 0 radical (unpaired) electrons. The van der Waals surface area contributed by atoms with E-state index in [-0.39, 0.29) is 11.9 Å². The number of likely N-dealkylation sites (tertiary alicyclic amines) is 1. The second-order valence-corrected chi connectivity index (χ2v) is 6.87. The monoisotopic (exact) mass is 385 g/mol. The smallest absolute Gasteiger partial charge is 0.279 e. The molecule has 1 unspecified atom stereocenters. The molecule has 3 rings (SSSR count). The van der Waals surface area contributed by atoms with Crippen molar-refractivity contribution in [3.05, 3.63) is 48.0 Å². The zero-order chi connectivity index (χ0) is 19.9. The number of rotatable bonds is 8. The fraction of sp³-hybridized carbons (Fsp3) is 0.409. The van der Waals surface area contributed by atoms with E-state index in [1.54, 1.807) is 14.2 Å². The third-order valence-corrected chi connectivity index (χ3v) is 5.14. The highest BCUT2D eigenvalue weighted by atomic mass is 16.5. The van der Waals surface area contributed by atoms with Gasteiger partial charge in [0.2, 0.25) is 0 Å². The summed E-state index contributed by atoms with van der Waals surface area (Å²) in [6.45, 7) is 3.83. The molecule has 1 fully saturated rings. The predicted molar refractivity (Wildman–Crippen MR) is 108 cm³/mol. The first-order valence-corrected chi connectivity index (χ1v) is 9.74. The van der Waals surface area contributed by atoms with Gasteiger partial charge in [0.25, 0.3) is 5.91 Å². The molecule has 0 spiro atoms. The lowest BCUT2D eigenvalue weighted by molar-refractivity contribution is -0.910. The summed E-state index contributed by atoms with van der Waals surface area (Å²) in [6, 6.07) is 13.6. The maximum atomic E-state index is 12.7. The number of methoxy groups -OCH3 is 2. The summed E-state index contributed by atoms with van der Waals surface area (Å²) in [7, 11) is 3.34. The van der Waals surface area contributed by atoms with E-state index in [0.29, 0.717) is 24.6 Å². The van der Waals surface area contributed by atoms with Crippen LogP contribution in [0.4, 0.5) is 5.69 Å². The molecule has 150 valence electrons. The Balaban J connectivity index is 1.73. The molecular weight excluding hydrogens is 356 g/mol. The molecule has 0 bridgehead atoms. The van der Waals surface area contributed by atoms with E-state index in [2.05, 4.69) is 5.32 Å². The van der Waals surface area contributed by atoms with Crippen LogP contribution in [0.1, 0.15) is 31.4 Å². The zero-order valence-electron chi connectivity index (χ0n) is 16.8. The number of carbonyl (C=O) groups is 1. The van der Waals surface area contributed by atoms with Crippen molar-refractivity contribution in [2.45, 2.75) is 25.8 Å². The molecule has 1 heterocycles. The van der Waals surface area contributed by atoms with Crippen LogP contribution in [-0.2, 0) is 4.79 Å². The van der Waals surface area contributed by atoms with Crippen LogP contribution in [0.5, 0.6) is 17.2 Å². The SMILES string of the molecule is CCOc1ccccc1NC(=O)C[NH+]1CCC[C@@H]1c1cc(OC)ccc1OC. The van der Waals surface area contributed by atoms with E-state index in [0.717, 1.165) is 36.4 Å². The molecule has 1 amide bonds. The second kappa shape index (κ2) is 9.46. The first-order valence-electron chi connectivity index (χ1n) is 9.74. The Hall–Kier alpha value is -2.73. The van der Waals surface area contributed by atoms with Gasteiger partial charge in [0.15, 0.2) is 6.54 Å². The van der Waals surface area contributed by atoms with Crippen molar-refractivity contribution >= 4 is 11.6 Å². The molecule has 1 aliphatic rings. The van der Waals surface area contributed by atoms with Crippen molar-refractivity contribution in [1.29, 1.82) is 0 Å². The van der Waals surface area contributed by atoms with Gasteiger partial charge < -0.3 is 24.4 Å². The summed E-state index contributed by atoms with van der Waals surface area (Å²) in [5.74, 6) is 2.32. The largest absolute Gasteiger partial charge is 0.497 e. The molecule has 1 aliphatic heterocycles. The van der Waals surface area contributed by atoms with Gasteiger partial charge in [-0.1, -0.05) is 12.1 Å². The first kappa shape index (κ1) is 20.0. The Labute approximate surface area is 166 Å². The van der Waals surface area contributed by atoms with Crippen LogP contribution in [0, 0.1) is 0 Å². The minimum absolute atomic E-state index is 0.0177. The molecule has 2 atom stereocenters. The summed E-state index contributed by atoms with van der Waals surface area (Å²) in [5.41, 5.74) is 1.81. The van der Waals surface area contributed by atoms with Crippen molar-refractivity contribution in [2.24, 2.45) is 0 Å². The Kier molecular flexibility index (Phi) is 6.76. The molecule has 6 heteroatoms. The quantitative estimate of drug-likeness (QED) is 0.733. The number of nitrogens with one attached hydrogen (secondary N) is 2. The van der Waals surface area contributed by atoms with E-state index < -0.39 is 0 Å². The summed E-state index contributed by atoms with van der Waals surface area (Å²) >= 11 is 0.